The fourth-order valence-corrected chi connectivity index (χ4v) is 3.87. The Labute approximate surface area is 180 Å². The van der Waals surface area contributed by atoms with Gasteiger partial charge >= 0.3 is 5.97 Å². The van der Waals surface area contributed by atoms with Crippen LogP contribution in [-0.4, -0.2) is 33.4 Å². The lowest BCUT2D eigenvalue weighted by Crippen LogP contribution is -2.46. The maximum absolute atomic E-state index is 15.1. The van der Waals surface area contributed by atoms with E-state index in [1.54, 1.807) is 6.07 Å². The third-order valence-electron chi connectivity index (χ3n) is 6.30. The standard InChI is InChI=1S/C25H25FN2O3/c1-14(29)23(30)31-22-17(13-15-9-6-7-12-19(15)27-22)21-16-10-8-11-18(26)20(16)24(2,3)25(4,5)28-21/h6-14,29H,1-5H3. The molecule has 1 aromatic heterocycles. The number of para-hydroxylation sites is 1. The van der Waals surface area contributed by atoms with Crippen LogP contribution < -0.4 is 4.74 Å². The van der Waals surface area contributed by atoms with Crippen molar-refractivity contribution in [1.82, 2.24) is 4.98 Å². The molecule has 0 aliphatic carbocycles. The Morgan fingerprint density at radius 2 is 1.77 bits per heavy atom. The molecule has 1 aliphatic rings. The number of ether oxygens (including phenoxy) is 1. The van der Waals surface area contributed by atoms with Gasteiger partial charge in [0.2, 0.25) is 5.88 Å². The Morgan fingerprint density at radius 1 is 1.06 bits per heavy atom. The van der Waals surface area contributed by atoms with Gasteiger partial charge in [-0.25, -0.2) is 14.2 Å². The third kappa shape index (κ3) is 3.41. The largest absolute Gasteiger partial charge is 0.405 e. The molecule has 6 heteroatoms. The van der Waals surface area contributed by atoms with Gasteiger partial charge in [0.05, 0.1) is 22.3 Å². The SMILES string of the molecule is CC(O)C(=O)Oc1nc2ccccc2cc1C1=NC(C)(C)C(C)(C)c2c(F)cccc21. The molecule has 1 atom stereocenters. The van der Waals surface area contributed by atoms with Gasteiger partial charge in [0.1, 0.15) is 11.9 Å². The Kier molecular flexibility index (Phi) is 4.93. The first-order chi connectivity index (χ1) is 14.5. The first kappa shape index (κ1) is 21.1. The first-order valence-corrected chi connectivity index (χ1v) is 10.2. The summed E-state index contributed by atoms with van der Waals surface area (Å²) in [5, 5.41) is 10.5. The first-order valence-electron chi connectivity index (χ1n) is 10.2. The maximum Gasteiger partial charge on any atom is 0.341 e. The zero-order chi connectivity index (χ0) is 22.6. The molecule has 31 heavy (non-hydrogen) atoms. The molecule has 1 unspecified atom stereocenters. The number of esters is 1. The highest BCUT2D eigenvalue weighted by atomic mass is 19.1. The summed E-state index contributed by atoms with van der Waals surface area (Å²) in [6.45, 7) is 9.19. The molecule has 1 N–H and O–H groups in total. The van der Waals surface area contributed by atoms with E-state index in [0.29, 0.717) is 27.9 Å². The van der Waals surface area contributed by atoms with Gasteiger partial charge in [-0.05, 0) is 39.0 Å². The van der Waals surface area contributed by atoms with Gasteiger partial charge in [0.15, 0.2) is 0 Å². The van der Waals surface area contributed by atoms with E-state index >= 15 is 4.39 Å². The number of hydrogen-bond acceptors (Lipinski definition) is 5. The number of aromatic nitrogens is 1. The number of nitrogens with zero attached hydrogens (tertiary/aromatic N) is 2. The summed E-state index contributed by atoms with van der Waals surface area (Å²) < 4.78 is 20.5. The smallest absolute Gasteiger partial charge is 0.341 e. The van der Waals surface area contributed by atoms with Crippen molar-refractivity contribution in [2.75, 3.05) is 0 Å². The molecule has 4 rings (SSSR count). The van der Waals surface area contributed by atoms with Crippen LogP contribution in [0.1, 0.15) is 51.3 Å². The number of aliphatic hydroxyl groups is 1. The van der Waals surface area contributed by atoms with E-state index in [1.807, 2.05) is 64.1 Å². The summed E-state index contributed by atoms with van der Waals surface area (Å²) in [5.41, 5.74) is 1.59. The topological polar surface area (TPSA) is 71.8 Å². The van der Waals surface area contributed by atoms with Gasteiger partial charge in [-0.15, -0.1) is 0 Å². The van der Waals surface area contributed by atoms with Gasteiger partial charge in [-0.2, -0.15) is 0 Å². The van der Waals surface area contributed by atoms with Crippen LogP contribution in [0.4, 0.5) is 4.39 Å². The Bertz CT molecular complexity index is 1230. The molecule has 160 valence electrons. The molecule has 0 bridgehead atoms. The van der Waals surface area contributed by atoms with E-state index < -0.39 is 23.0 Å². The lowest BCUT2D eigenvalue weighted by Gasteiger charge is -2.44. The quantitative estimate of drug-likeness (QED) is 0.630. The van der Waals surface area contributed by atoms with Crippen molar-refractivity contribution in [3.05, 3.63) is 71.0 Å². The third-order valence-corrected chi connectivity index (χ3v) is 6.30. The fourth-order valence-electron chi connectivity index (χ4n) is 3.87. The summed E-state index contributed by atoms with van der Waals surface area (Å²) in [6.07, 6.45) is -1.31. The highest BCUT2D eigenvalue weighted by molar-refractivity contribution is 6.17. The maximum atomic E-state index is 15.1. The average molecular weight is 420 g/mol. The Balaban J connectivity index is 2.03. The zero-order valence-corrected chi connectivity index (χ0v) is 18.2. The van der Waals surface area contributed by atoms with Crippen LogP contribution in [0.2, 0.25) is 0 Å². The van der Waals surface area contributed by atoms with Crippen molar-refractivity contribution < 1.29 is 19.0 Å². The van der Waals surface area contributed by atoms with Gasteiger partial charge in [0, 0.05) is 21.9 Å². The molecule has 0 radical (unpaired) electrons. The van der Waals surface area contributed by atoms with E-state index in [1.165, 1.54) is 13.0 Å². The average Bonchev–Trinajstić information content (AvgIpc) is 2.70. The number of pyridine rings is 1. The zero-order valence-electron chi connectivity index (χ0n) is 18.2. The monoisotopic (exact) mass is 420 g/mol. The van der Waals surface area contributed by atoms with Crippen LogP contribution in [0.5, 0.6) is 5.88 Å². The van der Waals surface area contributed by atoms with Crippen LogP contribution in [-0.2, 0) is 10.2 Å². The van der Waals surface area contributed by atoms with Crippen LogP contribution in [0, 0.1) is 5.82 Å². The van der Waals surface area contributed by atoms with Gasteiger partial charge in [-0.3, -0.25) is 4.99 Å². The highest BCUT2D eigenvalue weighted by Gasteiger charge is 2.46. The molecule has 0 saturated heterocycles. The minimum atomic E-state index is -1.31. The summed E-state index contributed by atoms with van der Waals surface area (Å²) in [7, 11) is 0. The summed E-state index contributed by atoms with van der Waals surface area (Å²) in [5.74, 6) is -1.09. The molecular weight excluding hydrogens is 395 g/mol. The van der Waals surface area contributed by atoms with Crippen LogP contribution >= 0.6 is 0 Å². The number of benzene rings is 2. The lowest BCUT2D eigenvalue weighted by atomic mass is 9.65. The van der Waals surface area contributed by atoms with Crippen molar-refractivity contribution in [1.29, 1.82) is 0 Å². The van der Waals surface area contributed by atoms with Gasteiger partial charge in [-0.1, -0.05) is 44.2 Å². The van der Waals surface area contributed by atoms with E-state index in [-0.39, 0.29) is 11.7 Å². The number of aliphatic hydroxyl groups excluding tert-OH is 1. The van der Waals surface area contributed by atoms with Crippen molar-refractivity contribution in [2.45, 2.75) is 51.7 Å². The number of rotatable bonds is 3. The second-order valence-electron chi connectivity index (χ2n) is 8.94. The predicted octanol–water partition coefficient (Wildman–Crippen LogP) is 4.57. The van der Waals surface area contributed by atoms with Crippen molar-refractivity contribution in [2.24, 2.45) is 4.99 Å². The molecule has 2 aromatic carbocycles. The lowest BCUT2D eigenvalue weighted by molar-refractivity contribution is -0.143. The van der Waals surface area contributed by atoms with Crippen LogP contribution in [0.25, 0.3) is 10.9 Å². The van der Waals surface area contributed by atoms with Crippen molar-refractivity contribution in [3.8, 4) is 5.88 Å². The van der Waals surface area contributed by atoms with Crippen molar-refractivity contribution in [3.63, 3.8) is 0 Å². The molecule has 0 amide bonds. The fraction of sp³-hybridized carbons (Fsp3) is 0.320. The number of halogens is 1. The minimum Gasteiger partial charge on any atom is -0.405 e. The molecule has 0 saturated carbocycles. The number of fused-ring (bicyclic) bond motifs is 2. The number of carbonyl (C=O) groups excluding carboxylic acids is 1. The second kappa shape index (κ2) is 7.24. The number of carbonyl (C=O) groups is 1. The van der Waals surface area contributed by atoms with E-state index in [9.17, 15) is 9.90 Å². The number of aliphatic imine (C=N–C) groups is 1. The highest BCUT2D eigenvalue weighted by Crippen LogP contribution is 2.45. The molecule has 2 heterocycles. The molecule has 3 aromatic rings. The van der Waals surface area contributed by atoms with Crippen LogP contribution in [0.15, 0.2) is 53.5 Å². The molecule has 0 fully saturated rings. The van der Waals surface area contributed by atoms with E-state index in [2.05, 4.69) is 4.98 Å². The normalized spacial score (nSPS) is 17.6. The number of hydrogen-bond donors (Lipinski definition) is 1. The molecule has 1 aliphatic heterocycles. The minimum absolute atomic E-state index is 0.0362. The molecular formula is C25H25FN2O3. The van der Waals surface area contributed by atoms with Gasteiger partial charge < -0.3 is 9.84 Å². The second-order valence-corrected chi connectivity index (χ2v) is 8.94. The van der Waals surface area contributed by atoms with Crippen LogP contribution in [0.3, 0.4) is 0 Å². The summed E-state index contributed by atoms with van der Waals surface area (Å²) >= 11 is 0. The predicted molar refractivity (Wildman–Crippen MR) is 118 cm³/mol. The Morgan fingerprint density at radius 3 is 2.48 bits per heavy atom. The Hall–Kier alpha value is -3.12. The van der Waals surface area contributed by atoms with Gasteiger partial charge in [0.25, 0.3) is 0 Å². The van der Waals surface area contributed by atoms with E-state index in [4.69, 9.17) is 9.73 Å². The molecule has 0 spiro atoms. The van der Waals surface area contributed by atoms with Crippen molar-refractivity contribution >= 4 is 22.6 Å². The summed E-state index contributed by atoms with van der Waals surface area (Å²) in [6, 6.07) is 14.2. The summed E-state index contributed by atoms with van der Waals surface area (Å²) in [4.78, 5) is 21.7. The van der Waals surface area contributed by atoms with E-state index in [0.717, 1.165) is 5.39 Å². The molecule has 5 nitrogen and oxygen atoms in total.